The van der Waals surface area contributed by atoms with E-state index in [2.05, 4.69) is 288 Å². The number of hydrogen-bond acceptors (Lipinski definition) is 4. The van der Waals surface area contributed by atoms with Crippen LogP contribution in [0.2, 0.25) is 0 Å². The molecule has 382 valence electrons. The van der Waals surface area contributed by atoms with Crippen molar-refractivity contribution in [2.75, 3.05) is 0 Å². The highest BCUT2D eigenvalue weighted by molar-refractivity contribution is 7.26. The standard InChI is InChI=1S/C76H46N4S2/c1-3-17-47(18-4-1)55-27-16-28-62(75(55)48-19-5-2-6-20-48)66-46-65(77-76(78-66)80-68-30-12-8-24-57(68)59-38-34-52(45-70(59)80)50-36-40-74-64(43-50)61-26-10-14-32-72(61)82-74)53-21-15-22-54(41-53)79-67-29-11-7-23-56(67)58-37-33-51(44-69(58)79)49-35-39-73-63(42-49)60-25-9-13-31-71(60)81-73/h1-46H. The SMILES string of the molecule is c1ccc(-c2cccc(-c3cc(-c4cccc(-n5c6ccccc6c6ccc(-c7ccc8sc9ccccc9c8c7)cc65)c4)nc(-n4c5ccccc5c5ccc(-c6ccc7sc8ccccc8c7c6)cc54)n3)c2-c2ccccc2)cc1. The summed E-state index contributed by atoms with van der Waals surface area (Å²) in [7, 11) is 0. The number of aromatic nitrogens is 4. The molecule has 17 aromatic rings. The summed E-state index contributed by atoms with van der Waals surface area (Å²) < 4.78 is 9.92. The molecule has 5 aromatic heterocycles. The van der Waals surface area contributed by atoms with E-state index in [0.717, 1.165) is 88.9 Å². The van der Waals surface area contributed by atoms with E-state index in [0.29, 0.717) is 5.95 Å². The van der Waals surface area contributed by atoms with E-state index in [1.54, 1.807) is 0 Å². The molecule has 0 spiro atoms. The van der Waals surface area contributed by atoms with Gasteiger partial charge in [-0.3, -0.25) is 4.57 Å². The third-order valence-electron chi connectivity index (χ3n) is 16.6. The largest absolute Gasteiger partial charge is 0.309 e. The van der Waals surface area contributed by atoms with E-state index in [-0.39, 0.29) is 0 Å². The van der Waals surface area contributed by atoms with Crippen LogP contribution in [0.1, 0.15) is 0 Å². The van der Waals surface area contributed by atoms with Crippen LogP contribution in [0.15, 0.2) is 279 Å². The molecule has 0 unspecified atom stereocenters. The number of benzene rings is 12. The Morgan fingerprint density at radius 3 is 1.33 bits per heavy atom. The van der Waals surface area contributed by atoms with Gasteiger partial charge in [-0.05, 0) is 123 Å². The minimum Gasteiger partial charge on any atom is -0.309 e. The van der Waals surface area contributed by atoms with Gasteiger partial charge in [0.2, 0.25) is 5.95 Å². The summed E-state index contributed by atoms with van der Waals surface area (Å²) >= 11 is 3.70. The summed E-state index contributed by atoms with van der Waals surface area (Å²) in [5.74, 6) is 0.599. The average molecular weight is 1080 g/mol. The zero-order chi connectivity index (χ0) is 53.8. The van der Waals surface area contributed by atoms with E-state index in [1.165, 1.54) is 67.8 Å². The highest BCUT2D eigenvalue weighted by Crippen LogP contribution is 2.44. The average Bonchev–Trinajstić information content (AvgIpc) is 3.71. The molecule has 6 heteroatoms. The van der Waals surface area contributed by atoms with Crippen molar-refractivity contribution in [3.05, 3.63) is 279 Å². The number of fused-ring (bicyclic) bond motifs is 12. The molecule has 5 heterocycles. The zero-order valence-corrected chi connectivity index (χ0v) is 45.8. The first kappa shape index (κ1) is 46.7. The van der Waals surface area contributed by atoms with Crippen molar-refractivity contribution < 1.29 is 0 Å². The van der Waals surface area contributed by atoms with E-state index < -0.39 is 0 Å². The van der Waals surface area contributed by atoms with Crippen LogP contribution in [0.25, 0.3) is 163 Å². The molecule has 0 aliphatic carbocycles. The maximum Gasteiger partial charge on any atom is 0.235 e. The molecule has 0 aliphatic rings. The van der Waals surface area contributed by atoms with Gasteiger partial charge in [-0.25, -0.2) is 9.97 Å². The lowest BCUT2D eigenvalue weighted by molar-refractivity contribution is 0.995. The van der Waals surface area contributed by atoms with Gasteiger partial charge in [0.25, 0.3) is 0 Å². The summed E-state index contributed by atoms with van der Waals surface area (Å²) in [4.78, 5) is 11.4. The van der Waals surface area contributed by atoms with Gasteiger partial charge in [-0.15, -0.1) is 22.7 Å². The van der Waals surface area contributed by atoms with Gasteiger partial charge in [0.1, 0.15) is 0 Å². The van der Waals surface area contributed by atoms with Crippen LogP contribution in [-0.2, 0) is 0 Å². The van der Waals surface area contributed by atoms with Crippen LogP contribution in [0.4, 0.5) is 0 Å². The Balaban J connectivity index is 0.890. The van der Waals surface area contributed by atoms with Crippen LogP contribution in [0.3, 0.4) is 0 Å². The van der Waals surface area contributed by atoms with Crippen molar-refractivity contribution in [3.63, 3.8) is 0 Å². The summed E-state index contributed by atoms with van der Waals surface area (Å²) in [5, 5.41) is 9.87. The van der Waals surface area contributed by atoms with E-state index in [1.807, 2.05) is 22.7 Å². The topological polar surface area (TPSA) is 35.6 Å². The van der Waals surface area contributed by atoms with Gasteiger partial charge in [0.15, 0.2) is 0 Å². The van der Waals surface area contributed by atoms with E-state index in [9.17, 15) is 0 Å². The molecule has 0 radical (unpaired) electrons. The Morgan fingerprint density at radius 2 is 0.695 bits per heavy atom. The third kappa shape index (κ3) is 7.50. The fraction of sp³-hybridized carbons (Fsp3) is 0. The lowest BCUT2D eigenvalue weighted by Crippen LogP contribution is -2.05. The molecular weight excluding hydrogens is 1030 g/mol. The molecule has 0 fully saturated rings. The highest BCUT2D eigenvalue weighted by atomic mass is 32.1. The quantitative estimate of drug-likeness (QED) is 0.152. The van der Waals surface area contributed by atoms with Crippen molar-refractivity contribution in [1.82, 2.24) is 19.1 Å². The molecular formula is C76H46N4S2. The predicted octanol–water partition coefficient (Wildman–Crippen LogP) is 21.4. The van der Waals surface area contributed by atoms with Gasteiger partial charge in [-0.1, -0.05) is 200 Å². The van der Waals surface area contributed by atoms with Crippen LogP contribution >= 0.6 is 22.7 Å². The Kier molecular flexibility index (Phi) is 10.6. The molecule has 0 amide bonds. The summed E-state index contributed by atoms with van der Waals surface area (Å²) in [6.07, 6.45) is 0. The lowest BCUT2D eigenvalue weighted by Gasteiger charge is -2.18. The number of nitrogens with zero attached hydrogens (tertiary/aromatic N) is 4. The van der Waals surface area contributed by atoms with Crippen molar-refractivity contribution in [1.29, 1.82) is 0 Å². The number of rotatable bonds is 8. The van der Waals surface area contributed by atoms with Crippen molar-refractivity contribution in [3.8, 4) is 78.7 Å². The summed E-state index contributed by atoms with van der Waals surface area (Å²) in [5.41, 5.74) is 18.3. The number of thiophene rings is 2. The third-order valence-corrected chi connectivity index (χ3v) is 18.9. The van der Waals surface area contributed by atoms with E-state index in [4.69, 9.17) is 9.97 Å². The highest BCUT2D eigenvalue weighted by Gasteiger charge is 2.22. The first-order chi connectivity index (χ1) is 40.6. The molecule has 0 aliphatic heterocycles. The predicted molar refractivity (Wildman–Crippen MR) is 349 cm³/mol. The lowest BCUT2D eigenvalue weighted by atomic mass is 9.89. The first-order valence-electron chi connectivity index (χ1n) is 27.8. The van der Waals surface area contributed by atoms with Gasteiger partial charge in [0.05, 0.1) is 33.5 Å². The van der Waals surface area contributed by atoms with Gasteiger partial charge >= 0.3 is 0 Å². The van der Waals surface area contributed by atoms with Crippen LogP contribution in [0.5, 0.6) is 0 Å². The maximum atomic E-state index is 5.74. The molecule has 82 heavy (non-hydrogen) atoms. The second kappa shape index (κ2) is 18.7. The van der Waals surface area contributed by atoms with Crippen molar-refractivity contribution in [2.45, 2.75) is 0 Å². The van der Waals surface area contributed by atoms with Crippen LogP contribution in [0, 0.1) is 0 Å². The van der Waals surface area contributed by atoms with E-state index >= 15 is 0 Å². The summed E-state index contributed by atoms with van der Waals surface area (Å²) in [6.45, 7) is 0. The smallest absolute Gasteiger partial charge is 0.235 e. The van der Waals surface area contributed by atoms with Gasteiger partial charge < -0.3 is 4.57 Å². The molecule has 0 N–H and O–H groups in total. The number of hydrogen-bond donors (Lipinski definition) is 0. The zero-order valence-electron chi connectivity index (χ0n) is 44.2. The second-order valence-corrected chi connectivity index (χ2v) is 23.4. The first-order valence-corrected chi connectivity index (χ1v) is 29.4. The minimum atomic E-state index is 0.599. The molecule has 17 rings (SSSR count). The van der Waals surface area contributed by atoms with Crippen molar-refractivity contribution >= 4 is 107 Å². The molecule has 0 saturated carbocycles. The van der Waals surface area contributed by atoms with Crippen LogP contribution in [-0.4, -0.2) is 19.1 Å². The molecule has 0 bridgehead atoms. The normalized spacial score (nSPS) is 11.9. The summed E-state index contributed by atoms with van der Waals surface area (Å²) in [6, 6.07) is 102. The fourth-order valence-electron chi connectivity index (χ4n) is 12.8. The monoisotopic (exact) mass is 1080 g/mol. The number of para-hydroxylation sites is 2. The molecule has 0 saturated heterocycles. The Hall–Kier alpha value is -10.2. The second-order valence-electron chi connectivity index (χ2n) is 21.2. The van der Waals surface area contributed by atoms with Gasteiger partial charge in [-0.2, -0.15) is 0 Å². The fourth-order valence-corrected chi connectivity index (χ4v) is 14.9. The minimum absolute atomic E-state index is 0.599. The molecule has 0 atom stereocenters. The maximum absolute atomic E-state index is 5.74. The molecule has 4 nitrogen and oxygen atoms in total. The Bertz CT molecular complexity index is 5410. The van der Waals surface area contributed by atoms with Crippen LogP contribution < -0.4 is 0 Å². The Morgan fingerprint density at radius 1 is 0.244 bits per heavy atom. The molecule has 12 aromatic carbocycles. The van der Waals surface area contributed by atoms with Crippen molar-refractivity contribution in [2.24, 2.45) is 0 Å². The Labute approximate surface area is 480 Å². The van der Waals surface area contributed by atoms with Gasteiger partial charge in [0, 0.05) is 78.7 Å².